The van der Waals surface area contributed by atoms with Crippen LogP contribution in [0.5, 0.6) is 5.75 Å². The molecule has 3 aromatic rings. The topological polar surface area (TPSA) is 90.1 Å². The van der Waals surface area contributed by atoms with Crippen molar-refractivity contribution >= 4 is 5.91 Å². The molecule has 0 aliphatic carbocycles. The van der Waals surface area contributed by atoms with Gasteiger partial charge in [-0.25, -0.2) is 0 Å². The summed E-state index contributed by atoms with van der Waals surface area (Å²) in [5.41, 5.74) is 2.93. The fourth-order valence-corrected chi connectivity index (χ4v) is 3.22. The summed E-state index contributed by atoms with van der Waals surface area (Å²) in [6.07, 6.45) is 4.38. The van der Waals surface area contributed by atoms with Crippen LogP contribution >= 0.6 is 0 Å². The highest BCUT2D eigenvalue weighted by Crippen LogP contribution is 2.27. The van der Waals surface area contributed by atoms with Gasteiger partial charge in [-0.2, -0.15) is 4.98 Å². The first-order valence-corrected chi connectivity index (χ1v) is 9.48. The fourth-order valence-electron chi connectivity index (χ4n) is 3.22. The van der Waals surface area contributed by atoms with E-state index < -0.39 is 0 Å². The number of carbonyl (C=O) groups is 1. The highest BCUT2D eigenvalue weighted by atomic mass is 16.5. The Labute approximate surface area is 163 Å². The molecule has 1 aliphatic rings. The van der Waals surface area contributed by atoms with E-state index in [0.717, 1.165) is 30.8 Å². The molecular formula is C21H22N4O3. The van der Waals surface area contributed by atoms with Gasteiger partial charge < -0.3 is 14.6 Å². The van der Waals surface area contributed by atoms with Gasteiger partial charge in [-0.1, -0.05) is 23.4 Å². The van der Waals surface area contributed by atoms with Crippen LogP contribution in [0.1, 0.15) is 42.8 Å². The Morgan fingerprint density at radius 2 is 2.21 bits per heavy atom. The van der Waals surface area contributed by atoms with Gasteiger partial charge in [-0.05, 0) is 49.1 Å². The van der Waals surface area contributed by atoms with E-state index in [0.29, 0.717) is 23.8 Å². The SMILES string of the molecule is C[C@H](NC(=O)CCc1nc(-c2ccccn2)no1)c1ccc2c(c1)CCCO2. The van der Waals surface area contributed by atoms with Crippen molar-refractivity contribution in [3.8, 4) is 17.3 Å². The van der Waals surface area contributed by atoms with E-state index in [1.165, 1.54) is 5.56 Å². The van der Waals surface area contributed by atoms with Gasteiger partial charge in [0.05, 0.1) is 12.6 Å². The Morgan fingerprint density at radius 3 is 3.07 bits per heavy atom. The molecule has 2 aromatic heterocycles. The molecule has 1 amide bonds. The van der Waals surface area contributed by atoms with Gasteiger partial charge in [0.25, 0.3) is 0 Å². The van der Waals surface area contributed by atoms with Gasteiger partial charge in [0.2, 0.25) is 17.6 Å². The van der Waals surface area contributed by atoms with Crippen LogP contribution in [0.3, 0.4) is 0 Å². The summed E-state index contributed by atoms with van der Waals surface area (Å²) in [4.78, 5) is 20.8. The Morgan fingerprint density at radius 1 is 1.29 bits per heavy atom. The second-order valence-electron chi connectivity index (χ2n) is 6.84. The maximum absolute atomic E-state index is 12.3. The molecule has 0 fully saturated rings. The number of ether oxygens (including phenoxy) is 1. The van der Waals surface area contributed by atoms with E-state index in [4.69, 9.17) is 9.26 Å². The molecule has 4 rings (SSSR count). The van der Waals surface area contributed by atoms with Crippen LogP contribution in [0.15, 0.2) is 47.1 Å². The molecule has 1 N–H and O–H groups in total. The van der Waals surface area contributed by atoms with Gasteiger partial charge in [0.1, 0.15) is 11.4 Å². The third-order valence-electron chi connectivity index (χ3n) is 4.74. The predicted octanol–water partition coefficient (Wildman–Crippen LogP) is 3.27. The van der Waals surface area contributed by atoms with Gasteiger partial charge >= 0.3 is 0 Å². The second kappa shape index (κ2) is 8.21. The van der Waals surface area contributed by atoms with Gasteiger partial charge in [0.15, 0.2) is 0 Å². The second-order valence-corrected chi connectivity index (χ2v) is 6.84. The van der Waals surface area contributed by atoms with E-state index in [9.17, 15) is 4.79 Å². The summed E-state index contributed by atoms with van der Waals surface area (Å²) < 4.78 is 10.9. The lowest BCUT2D eigenvalue weighted by atomic mass is 10.00. The average Bonchev–Trinajstić information content (AvgIpc) is 3.22. The summed E-state index contributed by atoms with van der Waals surface area (Å²) in [5, 5.41) is 6.95. The molecule has 7 nitrogen and oxygen atoms in total. The third-order valence-corrected chi connectivity index (χ3v) is 4.74. The number of carbonyl (C=O) groups excluding carboxylic acids is 1. The molecule has 1 aliphatic heterocycles. The van der Waals surface area contributed by atoms with Crippen molar-refractivity contribution in [2.45, 2.75) is 38.6 Å². The summed E-state index contributed by atoms with van der Waals surface area (Å²) in [6, 6.07) is 11.5. The number of hydrogen-bond donors (Lipinski definition) is 1. The maximum Gasteiger partial charge on any atom is 0.227 e. The van der Waals surface area contributed by atoms with E-state index in [1.807, 2.05) is 37.3 Å². The van der Waals surface area contributed by atoms with Crippen molar-refractivity contribution in [3.63, 3.8) is 0 Å². The standard InChI is InChI=1S/C21H22N4O3/c1-14(15-7-8-18-16(13-15)5-4-12-27-18)23-19(26)9-10-20-24-21(25-28-20)17-6-2-3-11-22-17/h2-3,6-8,11,13-14H,4-5,9-10,12H2,1H3,(H,23,26)/t14-/m0/s1. The first kappa shape index (κ1) is 18.2. The van der Waals surface area contributed by atoms with Crippen LogP contribution < -0.4 is 10.1 Å². The van der Waals surface area contributed by atoms with Crippen molar-refractivity contribution in [1.29, 1.82) is 0 Å². The number of rotatable bonds is 6. The lowest BCUT2D eigenvalue weighted by Crippen LogP contribution is -2.27. The Bertz CT molecular complexity index is 955. The zero-order valence-electron chi connectivity index (χ0n) is 15.7. The van der Waals surface area contributed by atoms with E-state index >= 15 is 0 Å². The molecule has 144 valence electrons. The van der Waals surface area contributed by atoms with Gasteiger partial charge in [-0.15, -0.1) is 0 Å². The molecule has 28 heavy (non-hydrogen) atoms. The van der Waals surface area contributed by atoms with E-state index in [1.54, 1.807) is 6.20 Å². The van der Waals surface area contributed by atoms with Crippen LogP contribution in [-0.4, -0.2) is 27.6 Å². The number of fused-ring (bicyclic) bond motifs is 1. The normalized spacial score (nSPS) is 14.0. The lowest BCUT2D eigenvalue weighted by Gasteiger charge is -2.20. The van der Waals surface area contributed by atoms with Crippen LogP contribution in [0.25, 0.3) is 11.5 Å². The Kier molecular flexibility index (Phi) is 5.32. The molecule has 0 unspecified atom stereocenters. The summed E-state index contributed by atoms with van der Waals surface area (Å²) >= 11 is 0. The molecular weight excluding hydrogens is 356 g/mol. The molecule has 0 radical (unpaired) electrons. The van der Waals surface area contributed by atoms with Crippen LogP contribution in [0.4, 0.5) is 0 Å². The van der Waals surface area contributed by atoms with Crippen molar-refractivity contribution in [2.24, 2.45) is 0 Å². The lowest BCUT2D eigenvalue weighted by molar-refractivity contribution is -0.121. The number of nitrogens with zero attached hydrogens (tertiary/aromatic N) is 3. The summed E-state index contributed by atoms with van der Waals surface area (Å²) in [7, 11) is 0. The van der Waals surface area contributed by atoms with Crippen molar-refractivity contribution in [1.82, 2.24) is 20.4 Å². The van der Waals surface area contributed by atoms with Crippen LogP contribution in [0, 0.1) is 0 Å². The number of nitrogens with one attached hydrogen (secondary N) is 1. The molecule has 0 saturated carbocycles. The van der Waals surface area contributed by atoms with E-state index in [-0.39, 0.29) is 18.4 Å². The number of amides is 1. The maximum atomic E-state index is 12.3. The number of pyridine rings is 1. The first-order chi connectivity index (χ1) is 13.7. The molecule has 0 spiro atoms. The molecule has 0 bridgehead atoms. The van der Waals surface area contributed by atoms with Crippen molar-refractivity contribution in [2.75, 3.05) is 6.61 Å². The number of benzene rings is 1. The highest BCUT2D eigenvalue weighted by molar-refractivity contribution is 5.76. The minimum absolute atomic E-state index is 0.0564. The fraction of sp³-hybridized carbons (Fsp3) is 0.333. The monoisotopic (exact) mass is 378 g/mol. The zero-order chi connectivity index (χ0) is 19.3. The smallest absolute Gasteiger partial charge is 0.227 e. The minimum Gasteiger partial charge on any atom is -0.493 e. The minimum atomic E-state index is -0.0773. The summed E-state index contributed by atoms with van der Waals surface area (Å²) in [6.45, 7) is 2.76. The number of aromatic nitrogens is 3. The van der Waals surface area contributed by atoms with Crippen LogP contribution in [0.2, 0.25) is 0 Å². The molecule has 1 atom stereocenters. The molecule has 7 heteroatoms. The summed E-state index contributed by atoms with van der Waals surface area (Å²) in [5.74, 6) is 1.75. The molecule has 3 heterocycles. The molecule has 0 saturated heterocycles. The van der Waals surface area contributed by atoms with Gasteiger partial charge in [-0.3, -0.25) is 9.78 Å². The van der Waals surface area contributed by atoms with Crippen LogP contribution in [-0.2, 0) is 17.6 Å². The van der Waals surface area contributed by atoms with E-state index in [2.05, 4.69) is 26.5 Å². The predicted molar refractivity (Wildman–Crippen MR) is 103 cm³/mol. The van der Waals surface area contributed by atoms with Crippen molar-refractivity contribution < 1.29 is 14.1 Å². The largest absolute Gasteiger partial charge is 0.493 e. The van der Waals surface area contributed by atoms with Gasteiger partial charge in [0, 0.05) is 19.0 Å². The number of hydrogen-bond acceptors (Lipinski definition) is 6. The average molecular weight is 378 g/mol. The highest BCUT2D eigenvalue weighted by Gasteiger charge is 2.16. The first-order valence-electron chi connectivity index (χ1n) is 9.48. The Hall–Kier alpha value is -3.22. The third kappa shape index (κ3) is 4.19. The number of aryl methyl sites for hydroxylation is 2. The quantitative estimate of drug-likeness (QED) is 0.708. The Balaban J connectivity index is 1.31. The zero-order valence-corrected chi connectivity index (χ0v) is 15.7. The van der Waals surface area contributed by atoms with Crippen molar-refractivity contribution in [3.05, 3.63) is 59.6 Å². The molecule has 1 aromatic carbocycles.